The van der Waals surface area contributed by atoms with Crippen LogP contribution in [0.1, 0.15) is 0 Å². The number of nitrogens with one attached hydrogen (secondary N) is 1. The van der Waals surface area contributed by atoms with Gasteiger partial charge in [-0.1, -0.05) is 18.2 Å². The van der Waals surface area contributed by atoms with Gasteiger partial charge in [0.2, 0.25) is 0 Å². The fraction of sp³-hybridized carbons (Fsp3) is 0. The number of aromatic nitrogens is 2. The third-order valence-electron chi connectivity index (χ3n) is 3.61. The monoisotopic (exact) mass is 514 g/mol. The van der Waals surface area contributed by atoms with Crippen molar-refractivity contribution in [2.75, 3.05) is 0 Å². The molecule has 2 aromatic carbocycles. The van der Waals surface area contributed by atoms with E-state index in [2.05, 4.69) is 4.98 Å². The van der Waals surface area contributed by atoms with Gasteiger partial charge in [0.1, 0.15) is 26.0 Å². The Labute approximate surface area is 174 Å². The van der Waals surface area contributed by atoms with Gasteiger partial charge in [0.15, 0.2) is 0 Å². The number of nitrogens with zero attached hydrogens (tertiary/aromatic N) is 1. The zero-order chi connectivity index (χ0) is 23.4. The Bertz CT molecular complexity index is 1620. The van der Waals surface area contributed by atoms with Crippen LogP contribution in [0.4, 0.5) is 0 Å². The second kappa shape index (κ2) is 7.22. The molecule has 14 nitrogen and oxygen atoms in total. The highest BCUT2D eigenvalue weighted by Gasteiger charge is 2.37. The molecule has 0 spiro atoms. The average Bonchev–Trinajstić information content (AvgIpc) is 3.03. The Morgan fingerprint density at radius 1 is 0.774 bits per heavy atom. The van der Waals surface area contributed by atoms with Gasteiger partial charge in [-0.25, -0.2) is 4.98 Å². The van der Waals surface area contributed by atoms with E-state index < -0.39 is 71.3 Å². The maximum atomic E-state index is 12.4. The first kappa shape index (κ1) is 23.1. The normalized spacial score (nSPS) is 13.4. The second-order valence-electron chi connectivity index (χ2n) is 5.75. The summed E-state index contributed by atoms with van der Waals surface area (Å²) in [5.41, 5.74) is -1.82. The molecule has 0 unspecified atom stereocenters. The number of H-pyrrole nitrogens is 1. The highest BCUT2D eigenvalue weighted by Crippen LogP contribution is 2.35. The van der Waals surface area contributed by atoms with Gasteiger partial charge < -0.3 is 9.17 Å². The second-order valence-corrected chi connectivity index (χ2v) is 11.3. The predicted molar refractivity (Wildman–Crippen MR) is 99.8 cm³/mol. The molecular formula is C13H10N2O12S4. The molecule has 0 aliphatic carbocycles. The van der Waals surface area contributed by atoms with Crippen LogP contribution in [0.5, 0.6) is 5.75 Å². The number of benzene rings is 2. The van der Waals surface area contributed by atoms with Crippen LogP contribution in [-0.4, -0.2) is 57.3 Å². The first-order valence-corrected chi connectivity index (χ1v) is 13.2. The minimum atomic E-state index is -5.71. The van der Waals surface area contributed by atoms with E-state index in [1.165, 1.54) is 24.3 Å². The number of para-hydroxylation sites is 1. The van der Waals surface area contributed by atoms with Gasteiger partial charge in [-0.05, 0) is 18.2 Å². The third kappa shape index (κ3) is 4.54. The van der Waals surface area contributed by atoms with E-state index in [1.54, 1.807) is 6.07 Å². The lowest BCUT2D eigenvalue weighted by Crippen LogP contribution is -2.15. The topological polar surface area (TPSA) is 235 Å². The van der Waals surface area contributed by atoms with Gasteiger partial charge in [0, 0.05) is 0 Å². The van der Waals surface area contributed by atoms with E-state index in [0.29, 0.717) is 6.07 Å². The molecule has 0 bridgehead atoms. The quantitative estimate of drug-likeness (QED) is 0.252. The zero-order valence-electron chi connectivity index (χ0n) is 14.6. The molecule has 0 aliphatic rings. The first-order valence-electron chi connectivity index (χ1n) is 7.50. The number of imidazole rings is 1. The summed E-state index contributed by atoms with van der Waals surface area (Å²) in [6.45, 7) is 0. The van der Waals surface area contributed by atoms with Crippen LogP contribution in [0.2, 0.25) is 0 Å². The van der Waals surface area contributed by atoms with Crippen LogP contribution in [0.3, 0.4) is 0 Å². The van der Waals surface area contributed by atoms with Crippen molar-refractivity contribution in [1.82, 2.24) is 9.97 Å². The lowest BCUT2D eigenvalue weighted by atomic mass is 10.3. The third-order valence-corrected chi connectivity index (χ3v) is 7.68. The molecule has 31 heavy (non-hydrogen) atoms. The Kier molecular flexibility index (Phi) is 5.37. The van der Waals surface area contributed by atoms with Crippen molar-refractivity contribution in [3.05, 3.63) is 36.4 Å². The SMILES string of the molecule is O=S(=O)(O)c1cc2[nH]c(S(=O)(=O)Oc3ccccc3)nc2c(S(=O)(=O)O)c1S(=O)(=O)O. The molecule has 0 amide bonds. The summed E-state index contributed by atoms with van der Waals surface area (Å²) in [5.74, 6) is -0.185. The average molecular weight is 514 g/mol. The van der Waals surface area contributed by atoms with E-state index in [4.69, 9.17) is 4.18 Å². The molecule has 0 aliphatic heterocycles. The van der Waals surface area contributed by atoms with E-state index in [9.17, 15) is 47.3 Å². The summed E-state index contributed by atoms with van der Waals surface area (Å²) in [5, 5.41) is -1.11. The van der Waals surface area contributed by atoms with Gasteiger partial charge >= 0.3 is 10.1 Å². The summed E-state index contributed by atoms with van der Waals surface area (Å²) >= 11 is 0. The number of hydrogen-bond donors (Lipinski definition) is 4. The molecule has 0 atom stereocenters. The number of rotatable bonds is 6. The number of aromatic amines is 1. The maximum Gasteiger partial charge on any atom is 0.373 e. The largest absolute Gasteiger partial charge is 0.377 e. The number of fused-ring (bicyclic) bond motifs is 1. The van der Waals surface area contributed by atoms with Crippen LogP contribution in [-0.2, 0) is 40.5 Å². The van der Waals surface area contributed by atoms with Crippen molar-refractivity contribution >= 4 is 51.5 Å². The summed E-state index contributed by atoms with van der Waals surface area (Å²) in [6, 6.07) is 7.20. The molecule has 1 aromatic heterocycles. The Morgan fingerprint density at radius 3 is 1.81 bits per heavy atom. The molecule has 0 radical (unpaired) electrons. The van der Waals surface area contributed by atoms with Crippen LogP contribution in [0.25, 0.3) is 11.0 Å². The molecule has 168 valence electrons. The van der Waals surface area contributed by atoms with Crippen molar-refractivity contribution in [3.8, 4) is 5.75 Å². The minimum absolute atomic E-state index is 0.185. The van der Waals surface area contributed by atoms with E-state index in [0.717, 1.165) is 0 Å². The molecular weight excluding hydrogens is 504 g/mol. The van der Waals surface area contributed by atoms with Gasteiger partial charge in [-0.15, -0.1) is 0 Å². The lowest BCUT2D eigenvalue weighted by Gasteiger charge is -2.09. The number of hydrogen-bond acceptors (Lipinski definition) is 10. The minimum Gasteiger partial charge on any atom is -0.377 e. The summed E-state index contributed by atoms with van der Waals surface area (Å²) in [4.78, 5) is 0.0258. The predicted octanol–water partition coefficient (Wildman–Crippen LogP) is 0.0707. The summed E-state index contributed by atoms with van der Waals surface area (Å²) in [7, 11) is -21.7. The highest BCUT2D eigenvalue weighted by atomic mass is 32.2. The zero-order valence-corrected chi connectivity index (χ0v) is 17.8. The van der Waals surface area contributed by atoms with E-state index in [1.807, 2.05) is 4.98 Å². The van der Waals surface area contributed by atoms with Crippen molar-refractivity contribution in [2.45, 2.75) is 19.8 Å². The fourth-order valence-corrected chi connectivity index (χ4v) is 6.69. The molecule has 18 heteroatoms. The smallest absolute Gasteiger partial charge is 0.373 e. The fourth-order valence-electron chi connectivity index (χ4n) is 2.49. The lowest BCUT2D eigenvalue weighted by molar-refractivity contribution is 0.457. The summed E-state index contributed by atoms with van der Waals surface area (Å²) in [6.07, 6.45) is 0. The first-order chi connectivity index (χ1) is 14.0. The van der Waals surface area contributed by atoms with E-state index >= 15 is 0 Å². The van der Waals surface area contributed by atoms with Crippen LogP contribution < -0.4 is 4.18 Å². The van der Waals surface area contributed by atoms with Crippen molar-refractivity contribution in [2.24, 2.45) is 0 Å². The Hall–Kier alpha value is -2.61. The molecule has 0 saturated heterocycles. The van der Waals surface area contributed by atoms with Crippen molar-refractivity contribution in [1.29, 1.82) is 0 Å². The highest BCUT2D eigenvalue weighted by molar-refractivity contribution is 7.90. The summed E-state index contributed by atoms with van der Waals surface area (Å²) < 4.78 is 128. The van der Waals surface area contributed by atoms with Crippen LogP contribution in [0, 0.1) is 0 Å². The molecule has 0 fully saturated rings. The van der Waals surface area contributed by atoms with Gasteiger partial charge in [-0.3, -0.25) is 13.7 Å². The molecule has 3 aromatic rings. The van der Waals surface area contributed by atoms with Crippen molar-refractivity contribution in [3.63, 3.8) is 0 Å². The standard InChI is InChI=1S/C13H10N2O12S4/c16-28(17,18)9-6-8-10(12(30(22,23)24)11(9)29(19,20)21)15-13(14-8)31(25,26)27-7-4-2-1-3-5-7/h1-6H,(H,14,15)(H,16,17,18)(H,19,20,21)(H,22,23,24). The van der Waals surface area contributed by atoms with Crippen molar-refractivity contribution < 1.29 is 51.5 Å². The van der Waals surface area contributed by atoms with E-state index in [-0.39, 0.29) is 5.75 Å². The Balaban J connectivity index is 2.43. The molecule has 1 heterocycles. The van der Waals surface area contributed by atoms with Gasteiger partial charge in [0.25, 0.3) is 35.5 Å². The molecule has 4 N–H and O–H groups in total. The van der Waals surface area contributed by atoms with Crippen LogP contribution in [0.15, 0.2) is 56.2 Å². The van der Waals surface area contributed by atoms with Crippen LogP contribution >= 0.6 is 0 Å². The molecule has 0 saturated carbocycles. The van der Waals surface area contributed by atoms with Gasteiger partial charge in [0.05, 0.1) is 5.52 Å². The van der Waals surface area contributed by atoms with Gasteiger partial charge in [-0.2, -0.15) is 33.7 Å². The maximum absolute atomic E-state index is 12.4. The molecule has 3 rings (SSSR count). The Morgan fingerprint density at radius 2 is 1.32 bits per heavy atom.